The van der Waals surface area contributed by atoms with E-state index in [1.54, 1.807) is 19.2 Å². The van der Waals surface area contributed by atoms with Gasteiger partial charge in [-0.25, -0.2) is 0 Å². The lowest BCUT2D eigenvalue weighted by Crippen LogP contribution is -1.95. The van der Waals surface area contributed by atoms with Crippen LogP contribution in [-0.4, -0.2) is 16.8 Å². The largest absolute Gasteiger partial charge is 0.508 e. The van der Waals surface area contributed by atoms with Crippen molar-refractivity contribution in [2.24, 2.45) is 0 Å². The molecule has 3 rings (SSSR count). The second-order valence-corrected chi connectivity index (χ2v) is 5.11. The third kappa shape index (κ3) is 2.72. The Balaban J connectivity index is 1.88. The fourth-order valence-corrected chi connectivity index (χ4v) is 2.59. The van der Waals surface area contributed by atoms with Crippen molar-refractivity contribution >= 4 is 10.9 Å². The van der Waals surface area contributed by atoms with Gasteiger partial charge in [-0.15, -0.1) is 0 Å². The summed E-state index contributed by atoms with van der Waals surface area (Å²) in [5.74, 6) is 1.80. The van der Waals surface area contributed by atoms with Gasteiger partial charge in [-0.2, -0.15) is 0 Å². The molecule has 0 aliphatic rings. The summed E-state index contributed by atoms with van der Waals surface area (Å²) in [5.41, 5.74) is 2.15. The summed E-state index contributed by atoms with van der Waals surface area (Å²) in [6.07, 6.45) is 2.07. The second-order valence-electron chi connectivity index (χ2n) is 5.11. The third-order valence-corrected chi connectivity index (χ3v) is 3.72. The van der Waals surface area contributed by atoms with E-state index in [4.69, 9.17) is 9.47 Å². The Morgan fingerprint density at radius 1 is 1.09 bits per heavy atom. The molecule has 2 aromatic carbocycles. The minimum atomic E-state index is 0.268. The molecule has 0 saturated heterocycles. The zero-order valence-corrected chi connectivity index (χ0v) is 12.7. The van der Waals surface area contributed by atoms with E-state index in [2.05, 4.69) is 17.7 Å². The molecule has 0 fully saturated rings. The maximum Gasteiger partial charge on any atom is 0.123 e. The number of ether oxygens (including phenoxy) is 2. The van der Waals surface area contributed by atoms with Crippen LogP contribution in [0.4, 0.5) is 0 Å². The van der Waals surface area contributed by atoms with Gasteiger partial charge >= 0.3 is 0 Å². The average molecular weight is 297 g/mol. The first-order valence-electron chi connectivity index (χ1n) is 7.29. The van der Waals surface area contributed by atoms with Crippen LogP contribution in [0.5, 0.6) is 17.2 Å². The summed E-state index contributed by atoms with van der Waals surface area (Å²) in [4.78, 5) is 0. The molecule has 0 radical (unpaired) electrons. The van der Waals surface area contributed by atoms with Crippen LogP contribution in [-0.2, 0) is 13.2 Å². The number of nitrogens with zero attached hydrogens (tertiary/aromatic N) is 1. The van der Waals surface area contributed by atoms with Crippen LogP contribution >= 0.6 is 0 Å². The lowest BCUT2D eigenvalue weighted by molar-refractivity contribution is 0.304. The van der Waals surface area contributed by atoms with Gasteiger partial charge in [0.25, 0.3) is 0 Å². The Kier molecular flexibility index (Phi) is 3.92. The van der Waals surface area contributed by atoms with Gasteiger partial charge < -0.3 is 19.1 Å². The fourth-order valence-electron chi connectivity index (χ4n) is 2.59. The highest BCUT2D eigenvalue weighted by molar-refractivity contribution is 5.85. The molecule has 0 aliphatic heterocycles. The molecule has 0 aliphatic carbocycles. The maximum absolute atomic E-state index is 9.72. The molecule has 0 unspecified atom stereocenters. The first kappa shape index (κ1) is 14.3. The SMILES string of the molecule is CCn1cc(COc2cccc(OC)c2)c2cc(O)ccc21. The summed E-state index contributed by atoms with van der Waals surface area (Å²) in [7, 11) is 1.64. The summed E-state index contributed by atoms with van der Waals surface area (Å²) < 4.78 is 13.2. The van der Waals surface area contributed by atoms with E-state index in [1.165, 1.54) is 0 Å². The number of hydrogen-bond acceptors (Lipinski definition) is 3. The molecule has 0 bridgehead atoms. The minimum absolute atomic E-state index is 0.268. The smallest absolute Gasteiger partial charge is 0.123 e. The molecule has 1 N–H and O–H groups in total. The number of phenolic OH excluding ortho intramolecular Hbond substituents is 1. The van der Waals surface area contributed by atoms with E-state index in [0.29, 0.717) is 6.61 Å². The van der Waals surface area contributed by atoms with Crippen LogP contribution in [0.15, 0.2) is 48.7 Å². The molecule has 0 saturated carbocycles. The molecule has 114 valence electrons. The highest BCUT2D eigenvalue weighted by Gasteiger charge is 2.09. The van der Waals surface area contributed by atoms with Crippen LogP contribution in [0.2, 0.25) is 0 Å². The third-order valence-electron chi connectivity index (χ3n) is 3.72. The van der Waals surface area contributed by atoms with Crippen molar-refractivity contribution < 1.29 is 14.6 Å². The standard InChI is InChI=1S/C18H19NO3/c1-3-19-11-13(17-9-14(20)7-8-18(17)19)12-22-16-6-4-5-15(10-16)21-2/h4-11,20H,3,12H2,1-2H3. The first-order valence-corrected chi connectivity index (χ1v) is 7.29. The lowest BCUT2D eigenvalue weighted by Gasteiger charge is -2.07. The average Bonchev–Trinajstić information content (AvgIpc) is 2.90. The Morgan fingerprint density at radius 3 is 2.68 bits per heavy atom. The van der Waals surface area contributed by atoms with Gasteiger partial charge in [0, 0.05) is 35.3 Å². The Hall–Kier alpha value is -2.62. The second kappa shape index (κ2) is 6.02. The molecule has 4 nitrogen and oxygen atoms in total. The molecule has 1 aromatic heterocycles. The van der Waals surface area contributed by atoms with Crippen molar-refractivity contribution in [2.75, 3.05) is 7.11 Å². The zero-order chi connectivity index (χ0) is 15.5. The Labute approximate surface area is 129 Å². The van der Waals surface area contributed by atoms with E-state index in [1.807, 2.05) is 30.3 Å². The van der Waals surface area contributed by atoms with Crippen molar-refractivity contribution in [3.05, 3.63) is 54.2 Å². The van der Waals surface area contributed by atoms with Crippen molar-refractivity contribution in [1.82, 2.24) is 4.57 Å². The van der Waals surface area contributed by atoms with Crippen LogP contribution in [0.3, 0.4) is 0 Å². The van der Waals surface area contributed by atoms with E-state index >= 15 is 0 Å². The molecule has 0 atom stereocenters. The number of aromatic nitrogens is 1. The highest BCUT2D eigenvalue weighted by atomic mass is 16.5. The number of methoxy groups -OCH3 is 1. The first-order chi connectivity index (χ1) is 10.7. The maximum atomic E-state index is 9.72. The van der Waals surface area contributed by atoms with E-state index in [-0.39, 0.29) is 5.75 Å². The van der Waals surface area contributed by atoms with Gasteiger partial charge in [-0.05, 0) is 37.3 Å². The minimum Gasteiger partial charge on any atom is -0.508 e. The van der Waals surface area contributed by atoms with Crippen molar-refractivity contribution in [3.63, 3.8) is 0 Å². The summed E-state index contributed by atoms with van der Waals surface area (Å²) in [5, 5.41) is 10.7. The van der Waals surface area contributed by atoms with Gasteiger partial charge in [0.15, 0.2) is 0 Å². The van der Waals surface area contributed by atoms with Gasteiger partial charge in [0.05, 0.1) is 7.11 Å². The number of fused-ring (bicyclic) bond motifs is 1. The normalized spacial score (nSPS) is 10.8. The number of aromatic hydroxyl groups is 1. The van der Waals surface area contributed by atoms with Crippen molar-refractivity contribution in [1.29, 1.82) is 0 Å². The molecular weight excluding hydrogens is 278 g/mol. The van der Waals surface area contributed by atoms with Crippen LogP contribution < -0.4 is 9.47 Å². The summed E-state index contributed by atoms with van der Waals surface area (Å²) >= 11 is 0. The molecule has 0 spiro atoms. The van der Waals surface area contributed by atoms with Crippen LogP contribution in [0, 0.1) is 0 Å². The zero-order valence-electron chi connectivity index (χ0n) is 12.7. The molecular formula is C18H19NO3. The summed E-state index contributed by atoms with van der Waals surface area (Å²) in [6, 6.07) is 13.0. The van der Waals surface area contributed by atoms with E-state index < -0.39 is 0 Å². The Bertz CT molecular complexity index is 792. The Morgan fingerprint density at radius 2 is 1.91 bits per heavy atom. The molecule has 3 aromatic rings. The quantitative estimate of drug-likeness (QED) is 0.775. The molecule has 4 heteroatoms. The predicted octanol–water partition coefficient (Wildman–Crippen LogP) is 3.95. The number of hydrogen-bond donors (Lipinski definition) is 1. The molecule has 1 heterocycles. The fraction of sp³-hybridized carbons (Fsp3) is 0.222. The van der Waals surface area contributed by atoms with Gasteiger partial charge in [-0.1, -0.05) is 6.07 Å². The van der Waals surface area contributed by atoms with Crippen molar-refractivity contribution in [2.45, 2.75) is 20.1 Å². The predicted molar refractivity (Wildman–Crippen MR) is 86.6 cm³/mol. The monoisotopic (exact) mass is 297 g/mol. The van der Waals surface area contributed by atoms with Gasteiger partial charge in [0.1, 0.15) is 23.9 Å². The van der Waals surface area contributed by atoms with Crippen LogP contribution in [0.1, 0.15) is 12.5 Å². The topological polar surface area (TPSA) is 43.6 Å². The van der Waals surface area contributed by atoms with E-state index in [9.17, 15) is 5.11 Å². The highest BCUT2D eigenvalue weighted by Crippen LogP contribution is 2.27. The van der Waals surface area contributed by atoms with Gasteiger partial charge in [0.2, 0.25) is 0 Å². The number of rotatable bonds is 5. The van der Waals surface area contributed by atoms with Crippen molar-refractivity contribution in [3.8, 4) is 17.2 Å². The lowest BCUT2D eigenvalue weighted by atomic mass is 10.2. The van der Waals surface area contributed by atoms with Gasteiger partial charge in [-0.3, -0.25) is 0 Å². The number of benzene rings is 2. The number of aryl methyl sites for hydroxylation is 1. The summed E-state index contributed by atoms with van der Waals surface area (Å²) in [6.45, 7) is 3.42. The van der Waals surface area contributed by atoms with E-state index in [0.717, 1.165) is 34.5 Å². The number of phenols is 1. The molecule has 0 amide bonds. The van der Waals surface area contributed by atoms with Crippen LogP contribution in [0.25, 0.3) is 10.9 Å². The molecule has 22 heavy (non-hydrogen) atoms.